The van der Waals surface area contributed by atoms with Gasteiger partial charge in [0.25, 0.3) is 5.91 Å². The highest BCUT2D eigenvalue weighted by Crippen LogP contribution is 2.39. The summed E-state index contributed by atoms with van der Waals surface area (Å²) in [6.45, 7) is 0.954. The van der Waals surface area contributed by atoms with Crippen LogP contribution in [0.4, 0.5) is 0 Å². The van der Waals surface area contributed by atoms with Crippen molar-refractivity contribution in [3.05, 3.63) is 78.1 Å². The fraction of sp³-hybridized carbons (Fsp3) is 0.217. The number of carbonyl (C=O) groups is 1. The Kier molecular flexibility index (Phi) is 4.52. The van der Waals surface area contributed by atoms with E-state index in [1.807, 2.05) is 53.4 Å². The molecule has 3 aromatic rings. The monoisotopic (exact) mass is 388 g/mol. The third-order valence-electron chi connectivity index (χ3n) is 5.23. The molecule has 2 aliphatic heterocycles. The number of pyridine rings is 1. The zero-order valence-corrected chi connectivity index (χ0v) is 15.8. The summed E-state index contributed by atoms with van der Waals surface area (Å²) < 4.78 is 16.6. The Hall–Kier alpha value is -3.54. The van der Waals surface area contributed by atoms with Crippen molar-refractivity contribution in [2.24, 2.45) is 0 Å². The summed E-state index contributed by atoms with van der Waals surface area (Å²) in [5.41, 5.74) is 1.47. The van der Waals surface area contributed by atoms with Crippen LogP contribution in [0.15, 0.2) is 66.9 Å². The van der Waals surface area contributed by atoms with E-state index < -0.39 is 0 Å². The largest absolute Gasteiger partial charge is 0.456 e. The van der Waals surface area contributed by atoms with Crippen LogP contribution in [-0.4, -0.2) is 29.1 Å². The summed E-state index contributed by atoms with van der Waals surface area (Å²) in [6.07, 6.45) is 3.46. The molecule has 2 aromatic carbocycles. The van der Waals surface area contributed by atoms with Gasteiger partial charge in [0.15, 0.2) is 11.5 Å². The predicted octanol–water partition coefficient (Wildman–Crippen LogP) is 4.58. The highest BCUT2D eigenvalue weighted by molar-refractivity contribution is 5.92. The van der Waals surface area contributed by atoms with Crippen molar-refractivity contribution in [2.75, 3.05) is 13.3 Å². The molecule has 1 saturated heterocycles. The number of likely N-dealkylation sites (tertiary alicyclic amines) is 1. The molecular formula is C23H20N2O4. The summed E-state index contributed by atoms with van der Waals surface area (Å²) in [6, 6.07) is 18.9. The highest BCUT2D eigenvalue weighted by atomic mass is 16.7. The summed E-state index contributed by atoms with van der Waals surface area (Å²) in [7, 11) is 0. The van der Waals surface area contributed by atoms with Gasteiger partial charge in [0.1, 0.15) is 17.2 Å². The Balaban J connectivity index is 1.33. The highest BCUT2D eigenvalue weighted by Gasteiger charge is 2.32. The van der Waals surface area contributed by atoms with Crippen molar-refractivity contribution >= 4 is 5.91 Å². The lowest BCUT2D eigenvalue weighted by atomic mass is 10.0. The molecule has 1 aromatic heterocycles. The molecule has 0 radical (unpaired) electrons. The zero-order chi connectivity index (χ0) is 19.6. The number of nitrogens with zero attached hydrogens (tertiary/aromatic N) is 2. The van der Waals surface area contributed by atoms with E-state index in [0.29, 0.717) is 18.0 Å². The van der Waals surface area contributed by atoms with Gasteiger partial charge in [-0.05, 0) is 54.8 Å². The lowest BCUT2D eigenvalue weighted by Gasteiger charge is -2.25. The molecule has 1 unspecified atom stereocenters. The first-order valence-electron chi connectivity index (χ1n) is 9.67. The number of fused-ring (bicyclic) bond motifs is 1. The number of carbonyl (C=O) groups excluding carboxylic acids is 1. The predicted molar refractivity (Wildman–Crippen MR) is 106 cm³/mol. The van der Waals surface area contributed by atoms with Crippen molar-refractivity contribution < 1.29 is 19.0 Å². The van der Waals surface area contributed by atoms with Crippen molar-refractivity contribution in [3.63, 3.8) is 0 Å². The van der Waals surface area contributed by atoms with Crippen LogP contribution in [0, 0.1) is 0 Å². The maximum absolute atomic E-state index is 13.1. The molecule has 6 nitrogen and oxygen atoms in total. The molecule has 1 amide bonds. The quantitative estimate of drug-likeness (QED) is 0.655. The summed E-state index contributed by atoms with van der Waals surface area (Å²) in [4.78, 5) is 19.3. The zero-order valence-electron chi connectivity index (χ0n) is 15.8. The van der Waals surface area contributed by atoms with Crippen LogP contribution in [0.2, 0.25) is 0 Å². The van der Waals surface area contributed by atoms with E-state index in [1.54, 1.807) is 18.3 Å². The third-order valence-corrected chi connectivity index (χ3v) is 5.23. The molecular weight excluding hydrogens is 368 g/mol. The molecule has 0 aliphatic carbocycles. The van der Waals surface area contributed by atoms with Gasteiger partial charge < -0.3 is 19.1 Å². The molecule has 6 heteroatoms. The fourth-order valence-corrected chi connectivity index (χ4v) is 3.82. The van der Waals surface area contributed by atoms with Gasteiger partial charge in [0.2, 0.25) is 6.79 Å². The average Bonchev–Trinajstić information content (AvgIpc) is 3.43. The number of aromatic nitrogens is 1. The van der Waals surface area contributed by atoms with Gasteiger partial charge in [-0.15, -0.1) is 0 Å². The lowest BCUT2D eigenvalue weighted by molar-refractivity contribution is 0.0729. The molecule has 29 heavy (non-hydrogen) atoms. The van der Waals surface area contributed by atoms with Gasteiger partial charge in [0, 0.05) is 6.54 Å². The number of para-hydroxylation sites is 1. The van der Waals surface area contributed by atoms with Crippen LogP contribution in [-0.2, 0) is 0 Å². The minimum Gasteiger partial charge on any atom is -0.456 e. The second kappa shape index (κ2) is 7.47. The molecule has 1 atom stereocenters. The lowest BCUT2D eigenvalue weighted by Crippen LogP contribution is -2.31. The normalized spacial score (nSPS) is 17.4. The fourth-order valence-electron chi connectivity index (χ4n) is 3.82. The van der Waals surface area contributed by atoms with Crippen LogP contribution in [0.3, 0.4) is 0 Å². The van der Waals surface area contributed by atoms with Crippen molar-refractivity contribution in [3.8, 4) is 23.0 Å². The first kappa shape index (κ1) is 17.6. The van der Waals surface area contributed by atoms with Crippen molar-refractivity contribution in [1.29, 1.82) is 0 Å². The van der Waals surface area contributed by atoms with Gasteiger partial charge in [-0.1, -0.05) is 24.3 Å². The number of ether oxygens (including phenoxy) is 3. The van der Waals surface area contributed by atoms with Crippen molar-refractivity contribution in [1.82, 2.24) is 9.88 Å². The van der Waals surface area contributed by atoms with Crippen LogP contribution in [0.5, 0.6) is 23.0 Å². The third kappa shape index (κ3) is 3.49. The first-order valence-corrected chi connectivity index (χ1v) is 9.67. The maximum Gasteiger partial charge on any atom is 0.272 e. The Morgan fingerprint density at radius 3 is 2.69 bits per heavy atom. The van der Waals surface area contributed by atoms with Gasteiger partial charge >= 0.3 is 0 Å². The van der Waals surface area contributed by atoms with E-state index in [-0.39, 0.29) is 18.7 Å². The van der Waals surface area contributed by atoms with Gasteiger partial charge in [0.05, 0.1) is 12.2 Å². The van der Waals surface area contributed by atoms with Crippen molar-refractivity contribution in [2.45, 2.75) is 18.9 Å². The molecule has 0 N–H and O–H groups in total. The Morgan fingerprint density at radius 2 is 1.86 bits per heavy atom. The van der Waals surface area contributed by atoms with Crippen LogP contribution >= 0.6 is 0 Å². The number of hydrogen-bond acceptors (Lipinski definition) is 5. The minimum atomic E-state index is -0.0728. The smallest absolute Gasteiger partial charge is 0.272 e. The van der Waals surface area contributed by atoms with Crippen LogP contribution < -0.4 is 14.2 Å². The van der Waals surface area contributed by atoms with E-state index in [0.717, 1.165) is 35.7 Å². The summed E-state index contributed by atoms with van der Waals surface area (Å²) >= 11 is 0. The van der Waals surface area contributed by atoms with Crippen LogP contribution in [0.25, 0.3) is 0 Å². The van der Waals surface area contributed by atoms with E-state index in [4.69, 9.17) is 14.2 Å². The summed E-state index contributed by atoms with van der Waals surface area (Å²) in [5.74, 6) is 2.75. The number of hydrogen-bond donors (Lipinski definition) is 0. The molecule has 5 rings (SSSR count). The summed E-state index contributed by atoms with van der Waals surface area (Å²) in [5, 5.41) is 0. The standard InChI is InChI=1S/C23H20N2O4/c26-23(19-10-9-18(14-24-19)29-17-5-2-1-3-6-17)25-12-4-7-20(25)16-8-11-21-22(13-16)28-15-27-21/h1-3,5-6,8-11,13-14,20H,4,7,12,15H2. The van der Waals surface area contributed by atoms with Gasteiger partial charge in [-0.3, -0.25) is 4.79 Å². The molecule has 0 spiro atoms. The number of benzene rings is 2. The van der Waals surface area contributed by atoms with E-state index in [1.165, 1.54) is 0 Å². The SMILES string of the molecule is O=C(c1ccc(Oc2ccccc2)cn1)N1CCCC1c1ccc2c(c1)OCO2. The Labute approximate surface area is 168 Å². The maximum atomic E-state index is 13.1. The molecule has 2 aliphatic rings. The first-order chi connectivity index (χ1) is 14.3. The molecule has 0 bridgehead atoms. The number of amides is 1. The second-order valence-corrected chi connectivity index (χ2v) is 7.06. The molecule has 146 valence electrons. The minimum absolute atomic E-state index is 0.0130. The van der Waals surface area contributed by atoms with Crippen LogP contribution in [0.1, 0.15) is 34.9 Å². The van der Waals surface area contributed by atoms with Gasteiger partial charge in [-0.25, -0.2) is 4.98 Å². The van der Waals surface area contributed by atoms with E-state index in [9.17, 15) is 4.79 Å². The second-order valence-electron chi connectivity index (χ2n) is 7.06. The molecule has 1 fully saturated rings. The molecule has 3 heterocycles. The van der Waals surface area contributed by atoms with E-state index in [2.05, 4.69) is 4.98 Å². The van der Waals surface area contributed by atoms with Gasteiger partial charge in [-0.2, -0.15) is 0 Å². The molecule has 0 saturated carbocycles. The Morgan fingerprint density at radius 1 is 1.00 bits per heavy atom. The Bertz CT molecular complexity index is 1020. The number of rotatable bonds is 4. The average molecular weight is 388 g/mol. The van der Waals surface area contributed by atoms with E-state index >= 15 is 0 Å². The topological polar surface area (TPSA) is 60.9 Å².